The van der Waals surface area contributed by atoms with Gasteiger partial charge in [-0.2, -0.15) is 4.31 Å². The first-order valence-electron chi connectivity index (χ1n) is 11.3. The van der Waals surface area contributed by atoms with Crippen LogP contribution in [0.3, 0.4) is 0 Å². The predicted molar refractivity (Wildman–Crippen MR) is 118 cm³/mol. The van der Waals surface area contributed by atoms with Crippen LogP contribution in [0.4, 0.5) is 11.4 Å². The number of nitrogens with one attached hydrogen (secondary N) is 1. The minimum atomic E-state index is -3.82. The number of nitro benzene ring substituents is 1. The molecule has 10 nitrogen and oxygen atoms in total. The van der Waals surface area contributed by atoms with Crippen molar-refractivity contribution in [3.63, 3.8) is 0 Å². The molecule has 1 aromatic carbocycles. The number of carbonyl (C=O) groups excluding carboxylic acids is 1. The highest BCUT2D eigenvalue weighted by atomic mass is 32.2. The van der Waals surface area contributed by atoms with Crippen LogP contribution >= 0.6 is 0 Å². The van der Waals surface area contributed by atoms with Crippen molar-refractivity contribution in [3.8, 4) is 0 Å². The summed E-state index contributed by atoms with van der Waals surface area (Å²) in [5, 5.41) is 14.9. The van der Waals surface area contributed by atoms with Gasteiger partial charge in [0.2, 0.25) is 15.9 Å². The molecule has 11 heteroatoms. The second kappa shape index (κ2) is 9.72. The molecule has 1 N–H and O–H groups in total. The van der Waals surface area contributed by atoms with E-state index in [-0.39, 0.29) is 41.5 Å². The van der Waals surface area contributed by atoms with Gasteiger partial charge in [-0.3, -0.25) is 14.9 Å². The Balaban J connectivity index is 1.45. The van der Waals surface area contributed by atoms with E-state index >= 15 is 0 Å². The topological polar surface area (TPSA) is 122 Å². The van der Waals surface area contributed by atoms with Gasteiger partial charge in [0.1, 0.15) is 5.69 Å². The number of morpholine rings is 1. The van der Waals surface area contributed by atoms with Crippen LogP contribution in [0.1, 0.15) is 38.5 Å². The van der Waals surface area contributed by atoms with Gasteiger partial charge in [-0.25, -0.2) is 8.42 Å². The van der Waals surface area contributed by atoms with Crippen molar-refractivity contribution in [2.45, 2.75) is 49.5 Å². The molecule has 3 fully saturated rings. The number of benzene rings is 1. The SMILES string of the molecule is O=C(NC1CCCC1)C1CCN(c2ccc(S(=O)(=O)N3CCOCC3)cc2[N+](=O)[O-])CC1. The Bertz CT molecular complexity index is 949. The monoisotopic (exact) mass is 466 g/mol. The standard InChI is InChI=1S/C21H30N4O6S/c26-21(22-17-3-1-2-4-17)16-7-9-23(10-8-16)19-6-5-18(15-20(19)25(27)28)32(29,30)24-11-13-31-14-12-24/h5-6,15-17H,1-4,7-14H2,(H,22,26). The normalized spacial score (nSPS) is 21.6. The number of nitro groups is 1. The molecule has 0 aromatic heterocycles. The van der Waals surface area contributed by atoms with Crippen molar-refractivity contribution in [2.75, 3.05) is 44.3 Å². The smallest absolute Gasteiger partial charge is 0.293 e. The van der Waals surface area contributed by atoms with E-state index < -0.39 is 14.9 Å². The summed E-state index contributed by atoms with van der Waals surface area (Å²) in [7, 11) is -3.82. The van der Waals surface area contributed by atoms with Crippen molar-refractivity contribution in [2.24, 2.45) is 5.92 Å². The number of amides is 1. The van der Waals surface area contributed by atoms with E-state index in [1.165, 1.54) is 16.4 Å². The third-order valence-corrected chi connectivity index (χ3v) is 8.55. The van der Waals surface area contributed by atoms with E-state index in [4.69, 9.17) is 4.74 Å². The highest BCUT2D eigenvalue weighted by Crippen LogP contribution is 2.34. The van der Waals surface area contributed by atoms with E-state index in [9.17, 15) is 23.3 Å². The molecule has 3 aliphatic rings. The largest absolute Gasteiger partial charge is 0.379 e. The van der Waals surface area contributed by atoms with Crippen LogP contribution in [-0.4, -0.2) is 69.0 Å². The van der Waals surface area contributed by atoms with Crippen molar-refractivity contribution in [1.29, 1.82) is 0 Å². The molecule has 1 saturated carbocycles. The number of nitrogens with zero attached hydrogens (tertiary/aromatic N) is 3. The number of rotatable bonds is 6. The van der Waals surface area contributed by atoms with Gasteiger partial charge in [0.15, 0.2) is 0 Å². The Morgan fingerprint density at radius 2 is 1.72 bits per heavy atom. The number of sulfonamides is 1. The molecule has 2 aliphatic heterocycles. The molecule has 0 atom stereocenters. The number of hydrogen-bond acceptors (Lipinski definition) is 7. The Labute approximate surface area is 188 Å². The summed E-state index contributed by atoms with van der Waals surface area (Å²) in [6, 6.07) is 4.39. The molecule has 0 radical (unpaired) electrons. The highest BCUT2D eigenvalue weighted by Gasteiger charge is 2.32. The fraction of sp³-hybridized carbons (Fsp3) is 0.667. The molecule has 0 spiro atoms. The number of anilines is 1. The maximum atomic E-state index is 12.9. The molecule has 0 bridgehead atoms. The lowest BCUT2D eigenvalue weighted by atomic mass is 9.95. The molecule has 4 rings (SSSR count). The first-order chi connectivity index (χ1) is 15.4. The van der Waals surface area contributed by atoms with Gasteiger partial charge in [-0.1, -0.05) is 12.8 Å². The minimum Gasteiger partial charge on any atom is -0.379 e. The van der Waals surface area contributed by atoms with Gasteiger partial charge in [0.25, 0.3) is 5.69 Å². The predicted octanol–water partition coefficient (Wildman–Crippen LogP) is 1.89. The number of ether oxygens (including phenoxy) is 1. The van der Waals surface area contributed by atoms with Gasteiger partial charge < -0.3 is 15.0 Å². The zero-order valence-electron chi connectivity index (χ0n) is 18.1. The molecule has 32 heavy (non-hydrogen) atoms. The van der Waals surface area contributed by atoms with Gasteiger partial charge in [0.05, 0.1) is 23.0 Å². The molecule has 1 amide bonds. The fourth-order valence-corrected chi connectivity index (χ4v) is 6.21. The first-order valence-corrected chi connectivity index (χ1v) is 12.7. The van der Waals surface area contributed by atoms with Crippen molar-refractivity contribution < 1.29 is 22.9 Å². The molecule has 0 unspecified atom stereocenters. The Kier molecular flexibility index (Phi) is 6.96. The first kappa shape index (κ1) is 22.9. The highest BCUT2D eigenvalue weighted by molar-refractivity contribution is 7.89. The summed E-state index contributed by atoms with van der Waals surface area (Å²) < 4.78 is 32.3. The van der Waals surface area contributed by atoms with E-state index in [1.54, 1.807) is 0 Å². The summed E-state index contributed by atoms with van der Waals surface area (Å²) in [6.45, 7) is 2.10. The zero-order chi connectivity index (χ0) is 22.7. The average Bonchev–Trinajstić information content (AvgIpc) is 3.32. The minimum absolute atomic E-state index is 0.0815. The van der Waals surface area contributed by atoms with Crippen LogP contribution in [0.25, 0.3) is 0 Å². The van der Waals surface area contributed by atoms with Crippen LogP contribution in [0.2, 0.25) is 0 Å². The van der Waals surface area contributed by atoms with Gasteiger partial charge in [-0.15, -0.1) is 0 Å². The summed E-state index contributed by atoms with van der Waals surface area (Å²) >= 11 is 0. The van der Waals surface area contributed by atoms with Crippen LogP contribution in [-0.2, 0) is 19.6 Å². The van der Waals surface area contributed by atoms with Gasteiger partial charge in [0, 0.05) is 44.2 Å². The molecule has 2 heterocycles. The maximum absolute atomic E-state index is 12.9. The summed E-state index contributed by atoms with van der Waals surface area (Å²) in [6.07, 6.45) is 5.62. The van der Waals surface area contributed by atoms with E-state index in [2.05, 4.69) is 5.32 Å². The number of carbonyl (C=O) groups is 1. The van der Waals surface area contributed by atoms with Crippen molar-refractivity contribution in [1.82, 2.24) is 9.62 Å². The lowest BCUT2D eigenvalue weighted by Crippen LogP contribution is -2.43. The molecule has 176 valence electrons. The second-order valence-electron chi connectivity index (χ2n) is 8.68. The van der Waals surface area contributed by atoms with E-state index in [1.807, 2.05) is 4.90 Å². The summed E-state index contributed by atoms with van der Waals surface area (Å²) in [5.41, 5.74) is 0.166. The van der Waals surface area contributed by atoms with Crippen LogP contribution in [0.5, 0.6) is 0 Å². The maximum Gasteiger partial charge on any atom is 0.293 e. The third-order valence-electron chi connectivity index (χ3n) is 6.66. The average molecular weight is 467 g/mol. The Hall–Kier alpha value is -2.24. The van der Waals surface area contributed by atoms with Crippen molar-refractivity contribution in [3.05, 3.63) is 28.3 Å². The Morgan fingerprint density at radius 1 is 1.06 bits per heavy atom. The quantitative estimate of drug-likeness (QED) is 0.502. The summed E-state index contributed by atoms with van der Waals surface area (Å²) in [5.74, 6) is -0.00937. The van der Waals surface area contributed by atoms with E-state index in [0.29, 0.717) is 44.8 Å². The van der Waals surface area contributed by atoms with Gasteiger partial charge in [-0.05, 0) is 37.8 Å². The third kappa shape index (κ3) is 4.89. The lowest BCUT2D eigenvalue weighted by Gasteiger charge is -2.33. The summed E-state index contributed by atoms with van der Waals surface area (Å²) in [4.78, 5) is 25.6. The Morgan fingerprint density at radius 3 is 2.34 bits per heavy atom. The van der Waals surface area contributed by atoms with Gasteiger partial charge >= 0.3 is 0 Å². The number of hydrogen-bond donors (Lipinski definition) is 1. The lowest BCUT2D eigenvalue weighted by molar-refractivity contribution is -0.384. The second-order valence-corrected chi connectivity index (χ2v) is 10.6. The molecular formula is C21H30N4O6S. The fourth-order valence-electron chi connectivity index (χ4n) is 4.79. The molecular weight excluding hydrogens is 436 g/mol. The van der Waals surface area contributed by atoms with Crippen LogP contribution in [0.15, 0.2) is 23.1 Å². The van der Waals surface area contributed by atoms with Crippen molar-refractivity contribution >= 4 is 27.3 Å². The van der Waals surface area contributed by atoms with Crippen LogP contribution < -0.4 is 10.2 Å². The molecule has 1 aromatic rings. The number of piperidine rings is 1. The molecule has 1 aliphatic carbocycles. The zero-order valence-corrected chi connectivity index (χ0v) is 18.9. The molecule has 2 saturated heterocycles. The van der Waals surface area contributed by atoms with E-state index in [0.717, 1.165) is 31.7 Å². The van der Waals surface area contributed by atoms with Crippen LogP contribution in [0, 0.1) is 16.0 Å².